The van der Waals surface area contributed by atoms with Gasteiger partial charge in [0, 0.05) is 0 Å². The number of nitrogens with two attached hydrogens (primary N) is 1. The molecule has 0 spiro atoms. The minimum Gasteiger partial charge on any atom is -0.318 e. The molecular weight excluding hydrogens is 178 g/mol. The van der Waals surface area contributed by atoms with E-state index in [9.17, 15) is 4.79 Å². The largest absolute Gasteiger partial charge is 0.358 e. The molecule has 0 fully saturated rings. The van der Waals surface area contributed by atoms with Gasteiger partial charge in [-0.15, -0.1) is 6.42 Å². The Morgan fingerprint density at radius 2 is 2.42 bits per heavy atom. The quantitative estimate of drug-likeness (QED) is 0.206. The zero-order valence-corrected chi connectivity index (χ0v) is 7.42. The number of carbonyl (C=O) groups excluding carboxylic acids is 1. The SMILES string of the molecule is C#CCOOC(=O)[C@@H](N)CCS. The Labute approximate surface area is 76.7 Å². The molecule has 0 rings (SSSR count). The highest BCUT2D eigenvalue weighted by Gasteiger charge is 2.14. The summed E-state index contributed by atoms with van der Waals surface area (Å²) in [6.07, 6.45) is 5.29. The molecule has 1 atom stereocenters. The molecule has 0 bridgehead atoms. The van der Waals surface area contributed by atoms with E-state index in [0.29, 0.717) is 12.2 Å². The molecule has 0 saturated carbocycles. The molecule has 0 heterocycles. The van der Waals surface area contributed by atoms with Crippen LogP contribution in [0.15, 0.2) is 0 Å². The first-order chi connectivity index (χ1) is 5.72. The van der Waals surface area contributed by atoms with Gasteiger partial charge in [0.2, 0.25) is 0 Å². The van der Waals surface area contributed by atoms with E-state index >= 15 is 0 Å². The van der Waals surface area contributed by atoms with Gasteiger partial charge in [-0.2, -0.15) is 17.5 Å². The fraction of sp³-hybridized carbons (Fsp3) is 0.571. The van der Waals surface area contributed by atoms with Gasteiger partial charge in [-0.05, 0) is 12.2 Å². The van der Waals surface area contributed by atoms with Gasteiger partial charge in [0.25, 0.3) is 0 Å². The predicted molar refractivity (Wildman–Crippen MR) is 47.3 cm³/mol. The third kappa shape index (κ3) is 5.02. The van der Waals surface area contributed by atoms with Crippen molar-refractivity contribution in [3.8, 4) is 12.3 Å². The molecule has 0 aliphatic rings. The lowest BCUT2D eigenvalue weighted by atomic mass is 10.2. The van der Waals surface area contributed by atoms with Crippen LogP contribution in [-0.2, 0) is 14.6 Å². The molecule has 0 aromatic carbocycles. The van der Waals surface area contributed by atoms with Crippen LogP contribution in [0.5, 0.6) is 0 Å². The lowest BCUT2D eigenvalue weighted by Crippen LogP contribution is -2.32. The Kier molecular flexibility index (Phi) is 6.57. The van der Waals surface area contributed by atoms with Crippen molar-refractivity contribution < 1.29 is 14.6 Å². The Morgan fingerprint density at radius 1 is 1.75 bits per heavy atom. The normalized spacial score (nSPS) is 11.8. The van der Waals surface area contributed by atoms with Crippen molar-refractivity contribution >= 4 is 18.6 Å². The summed E-state index contributed by atoms with van der Waals surface area (Å²) < 4.78 is 0. The summed E-state index contributed by atoms with van der Waals surface area (Å²) in [5, 5.41) is 0. The van der Waals surface area contributed by atoms with Crippen LogP contribution >= 0.6 is 12.6 Å². The summed E-state index contributed by atoms with van der Waals surface area (Å²) in [6, 6.07) is -0.694. The van der Waals surface area contributed by atoms with Gasteiger partial charge in [-0.3, -0.25) is 4.89 Å². The summed E-state index contributed by atoms with van der Waals surface area (Å²) in [5.74, 6) is 2.03. The lowest BCUT2D eigenvalue weighted by molar-refractivity contribution is -0.265. The molecule has 5 heteroatoms. The maximum Gasteiger partial charge on any atom is 0.358 e. The molecule has 12 heavy (non-hydrogen) atoms. The van der Waals surface area contributed by atoms with Crippen LogP contribution in [0, 0.1) is 12.3 Å². The number of hydrogen-bond acceptors (Lipinski definition) is 5. The summed E-state index contributed by atoms with van der Waals surface area (Å²) in [4.78, 5) is 19.4. The van der Waals surface area contributed by atoms with E-state index < -0.39 is 12.0 Å². The standard InChI is InChI=1S/C7H11NO3S/c1-2-4-10-11-7(9)6(8)3-5-12/h1,6,12H,3-5,8H2/t6-/m0/s1. The van der Waals surface area contributed by atoms with E-state index in [1.807, 2.05) is 0 Å². The third-order valence-corrected chi connectivity index (χ3v) is 1.28. The van der Waals surface area contributed by atoms with Gasteiger partial charge in [-0.1, -0.05) is 5.92 Å². The minimum absolute atomic E-state index is 0.0701. The molecule has 0 radical (unpaired) electrons. The van der Waals surface area contributed by atoms with Crippen molar-refractivity contribution in [3.05, 3.63) is 0 Å². The average Bonchev–Trinajstić information content (AvgIpc) is 2.05. The van der Waals surface area contributed by atoms with Crippen molar-refractivity contribution in [1.29, 1.82) is 0 Å². The van der Waals surface area contributed by atoms with E-state index in [1.165, 1.54) is 0 Å². The molecule has 2 N–H and O–H groups in total. The number of thiol groups is 1. The van der Waals surface area contributed by atoms with Crippen LogP contribution in [0.4, 0.5) is 0 Å². The zero-order chi connectivity index (χ0) is 9.40. The molecule has 68 valence electrons. The van der Waals surface area contributed by atoms with Gasteiger partial charge in [0.05, 0.1) is 0 Å². The van der Waals surface area contributed by atoms with Crippen LogP contribution in [0.3, 0.4) is 0 Å². The maximum atomic E-state index is 10.8. The van der Waals surface area contributed by atoms with Crippen molar-refractivity contribution in [3.63, 3.8) is 0 Å². The van der Waals surface area contributed by atoms with Crippen molar-refractivity contribution in [2.75, 3.05) is 12.4 Å². The molecular formula is C7H11NO3S. The van der Waals surface area contributed by atoms with Crippen LogP contribution in [0.25, 0.3) is 0 Å². The Balaban J connectivity index is 3.51. The average molecular weight is 189 g/mol. The first kappa shape index (κ1) is 11.3. The first-order valence-electron chi connectivity index (χ1n) is 3.35. The van der Waals surface area contributed by atoms with Crippen LogP contribution in [0.1, 0.15) is 6.42 Å². The molecule has 0 amide bonds. The third-order valence-electron chi connectivity index (χ3n) is 1.03. The van der Waals surface area contributed by atoms with E-state index in [0.717, 1.165) is 0 Å². The molecule has 0 unspecified atom stereocenters. The number of carbonyl (C=O) groups is 1. The smallest absolute Gasteiger partial charge is 0.318 e. The van der Waals surface area contributed by atoms with E-state index in [2.05, 4.69) is 28.3 Å². The van der Waals surface area contributed by atoms with Crippen LogP contribution < -0.4 is 5.73 Å². The van der Waals surface area contributed by atoms with Gasteiger partial charge in [0.15, 0.2) is 6.61 Å². The molecule has 0 aliphatic heterocycles. The van der Waals surface area contributed by atoms with E-state index in [1.54, 1.807) is 0 Å². The van der Waals surface area contributed by atoms with Gasteiger partial charge in [0.1, 0.15) is 6.04 Å². The minimum atomic E-state index is -0.694. The van der Waals surface area contributed by atoms with Crippen LogP contribution in [-0.4, -0.2) is 24.4 Å². The van der Waals surface area contributed by atoms with Crippen molar-refractivity contribution in [1.82, 2.24) is 0 Å². The second-order valence-electron chi connectivity index (χ2n) is 1.99. The van der Waals surface area contributed by atoms with Gasteiger partial charge in [-0.25, -0.2) is 4.79 Å². The molecule has 0 aliphatic carbocycles. The molecule has 0 aromatic heterocycles. The highest BCUT2D eigenvalue weighted by atomic mass is 32.1. The van der Waals surface area contributed by atoms with E-state index in [-0.39, 0.29) is 6.61 Å². The molecule has 4 nitrogen and oxygen atoms in total. The van der Waals surface area contributed by atoms with Crippen LogP contribution in [0.2, 0.25) is 0 Å². The molecule has 0 aromatic rings. The zero-order valence-electron chi connectivity index (χ0n) is 6.53. The summed E-state index contributed by atoms with van der Waals surface area (Å²) in [7, 11) is 0. The maximum absolute atomic E-state index is 10.8. The second-order valence-corrected chi connectivity index (χ2v) is 2.43. The highest BCUT2D eigenvalue weighted by molar-refractivity contribution is 7.80. The van der Waals surface area contributed by atoms with E-state index in [4.69, 9.17) is 12.2 Å². The summed E-state index contributed by atoms with van der Waals surface area (Å²) in [5.41, 5.74) is 5.35. The lowest BCUT2D eigenvalue weighted by Gasteiger charge is -2.06. The summed E-state index contributed by atoms with van der Waals surface area (Å²) >= 11 is 3.90. The molecule has 0 saturated heterocycles. The Bertz CT molecular complexity index is 178. The number of hydrogen-bond donors (Lipinski definition) is 2. The second kappa shape index (κ2) is 6.98. The first-order valence-corrected chi connectivity index (χ1v) is 3.98. The van der Waals surface area contributed by atoms with Crippen molar-refractivity contribution in [2.24, 2.45) is 5.73 Å². The predicted octanol–water partition coefficient (Wildman–Crippen LogP) is -0.258. The fourth-order valence-electron chi connectivity index (χ4n) is 0.440. The highest BCUT2D eigenvalue weighted by Crippen LogP contribution is 1.94. The number of terminal acetylenes is 1. The number of rotatable bonds is 5. The summed E-state index contributed by atoms with van der Waals surface area (Å²) in [6.45, 7) is -0.0701. The Morgan fingerprint density at radius 3 is 2.92 bits per heavy atom. The van der Waals surface area contributed by atoms with Gasteiger partial charge >= 0.3 is 5.97 Å². The topological polar surface area (TPSA) is 61.5 Å². The fourth-order valence-corrected chi connectivity index (χ4v) is 0.718. The Hall–Kier alpha value is -0.700. The van der Waals surface area contributed by atoms with Crippen molar-refractivity contribution in [2.45, 2.75) is 12.5 Å². The van der Waals surface area contributed by atoms with Gasteiger partial charge < -0.3 is 5.73 Å². The monoisotopic (exact) mass is 189 g/mol.